The molecule has 2 rings (SSSR count). The molecule has 1 aromatic rings. The van der Waals surface area contributed by atoms with E-state index >= 15 is 0 Å². The summed E-state index contributed by atoms with van der Waals surface area (Å²) in [5.41, 5.74) is 1.06. The molecule has 0 spiro atoms. The van der Waals surface area contributed by atoms with Crippen LogP contribution in [0.4, 0.5) is 0 Å². The average molecular weight is 262 g/mol. The molecule has 1 saturated heterocycles. The van der Waals surface area contributed by atoms with Crippen molar-refractivity contribution in [2.75, 3.05) is 19.7 Å². The molecule has 1 aliphatic rings. The summed E-state index contributed by atoms with van der Waals surface area (Å²) in [5.74, 6) is -0.450. The largest absolute Gasteiger partial charge is 0.395 e. The van der Waals surface area contributed by atoms with Crippen LogP contribution in [0.25, 0.3) is 0 Å². The number of carbonyl (C=O) groups is 2. The van der Waals surface area contributed by atoms with Crippen LogP contribution in [-0.4, -0.2) is 41.5 Å². The van der Waals surface area contributed by atoms with Crippen LogP contribution in [0.2, 0.25) is 0 Å². The molecule has 1 unspecified atom stereocenters. The van der Waals surface area contributed by atoms with Crippen molar-refractivity contribution >= 4 is 11.8 Å². The third kappa shape index (κ3) is 3.54. The van der Waals surface area contributed by atoms with Gasteiger partial charge in [0.05, 0.1) is 12.5 Å². The molecule has 0 aliphatic carbocycles. The van der Waals surface area contributed by atoms with E-state index in [1.54, 1.807) is 4.90 Å². The summed E-state index contributed by atoms with van der Waals surface area (Å²) in [7, 11) is 0. The Bertz CT molecular complexity index is 447. The molecule has 1 fully saturated rings. The highest BCUT2D eigenvalue weighted by Crippen LogP contribution is 2.20. The van der Waals surface area contributed by atoms with E-state index < -0.39 is 0 Å². The molecule has 0 radical (unpaired) electrons. The summed E-state index contributed by atoms with van der Waals surface area (Å²) in [6.07, 6.45) is 0.254. The van der Waals surface area contributed by atoms with Crippen molar-refractivity contribution in [3.8, 4) is 0 Å². The second-order valence-corrected chi connectivity index (χ2v) is 4.68. The van der Waals surface area contributed by atoms with E-state index in [9.17, 15) is 9.59 Å². The monoisotopic (exact) mass is 262 g/mol. The van der Waals surface area contributed by atoms with Gasteiger partial charge in [0, 0.05) is 26.1 Å². The molecule has 5 heteroatoms. The lowest BCUT2D eigenvalue weighted by molar-refractivity contribution is -0.129. The highest BCUT2D eigenvalue weighted by atomic mass is 16.3. The van der Waals surface area contributed by atoms with Gasteiger partial charge < -0.3 is 15.3 Å². The topological polar surface area (TPSA) is 69.6 Å². The fourth-order valence-electron chi connectivity index (χ4n) is 2.23. The van der Waals surface area contributed by atoms with Crippen LogP contribution >= 0.6 is 0 Å². The molecule has 1 aliphatic heterocycles. The zero-order chi connectivity index (χ0) is 13.7. The Morgan fingerprint density at radius 1 is 1.37 bits per heavy atom. The number of aliphatic hydroxyl groups is 1. The van der Waals surface area contributed by atoms with Gasteiger partial charge in [0.2, 0.25) is 11.8 Å². The Balaban J connectivity index is 1.91. The molecule has 2 N–H and O–H groups in total. The molecule has 102 valence electrons. The number of benzene rings is 1. The zero-order valence-corrected chi connectivity index (χ0v) is 10.7. The quantitative estimate of drug-likeness (QED) is 0.793. The Morgan fingerprint density at radius 3 is 2.79 bits per heavy atom. The Kier molecular flexibility index (Phi) is 4.52. The number of aliphatic hydroxyl groups excluding tert-OH is 1. The Morgan fingerprint density at radius 2 is 2.11 bits per heavy atom. The van der Waals surface area contributed by atoms with Crippen molar-refractivity contribution in [3.63, 3.8) is 0 Å². The van der Waals surface area contributed by atoms with E-state index in [1.165, 1.54) is 0 Å². The zero-order valence-electron chi connectivity index (χ0n) is 10.7. The third-order valence-corrected chi connectivity index (χ3v) is 3.21. The van der Waals surface area contributed by atoms with Gasteiger partial charge in [-0.2, -0.15) is 0 Å². The van der Waals surface area contributed by atoms with Crippen LogP contribution in [0.15, 0.2) is 30.3 Å². The van der Waals surface area contributed by atoms with E-state index in [1.807, 2.05) is 30.3 Å². The van der Waals surface area contributed by atoms with Gasteiger partial charge in [-0.3, -0.25) is 9.59 Å². The number of hydrogen-bond donors (Lipinski definition) is 2. The molecule has 5 nitrogen and oxygen atoms in total. The Labute approximate surface area is 112 Å². The summed E-state index contributed by atoms with van der Waals surface area (Å²) < 4.78 is 0. The number of hydrogen-bond acceptors (Lipinski definition) is 3. The second-order valence-electron chi connectivity index (χ2n) is 4.68. The summed E-state index contributed by atoms with van der Waals surface area (Å²) >= 11 is 0. The first-order chi connectivity index (χ1) is 9.20. The number of nitrogens with zero attached hydrogens (tertiary/aromatic N) is 1. The lowest BCUT2D eigenvalue weighted by Crippen LogP contribution is -2.34. The molecular weight excluding hydrogens is 244 g/mol. The minimum atomic E-state index is -0.303. The first kappa shape index (κ1) is 13.5. The number of amides is 2. The highest BCUT2D eigenvalue weighted by Gasteiger charge is 2.33. The van der Waals surface area contributed by atoms with E-state index in [2.05, 4.69) is 5.32 Å². The molecule has 0 bridgehead atoms. The maximum atomic E-state index is 11.9. The lowest BCUT2D eigenvalue weighted by atomic mass is 10.1. The normalized spacial score (nSPS) is 18.7. The SMILES string of the molecule is O=C(NCCO)C1CC(=O)N(Cc2ccccc2)C1. The first-order valence-electron chi connectivity index (χ1n) is 6.41. The van der Waals surface area contributed by atoms with Gasteiger partial charge in [-0.25, -0.2) is 0 Å². The molecule has 19 heavy (non-hydrogen) atoms. The van der Waals surface area contributed by atoms with E-state index in [0.717, 1.165) is 5.56 Å². The Hall–Kier alpha value is -1.88. The summed E-state index contributed by atoms with van der Waals surface area (Å²) in [5, 5.41) is 11.3. The van der Waals surface area contributed by atoms with Gasteiger partial charge in [-0.15, -0.1) is 0 Å². The van der Waals surface area contributed by atoms with E-state index in [4.69, 9.17) is 5.11 Å². The van der Waals surface area contributed by atoms with Gasteiger partial charge in [-0.05, 0) is 5.56 Å². The molecular formula is C14H18N2O3. The fraction of sp³-hybridized carbons (Fsp3) is 0.429. The number of carbonyl (C=O) groups excluding carboxylic acids is 2. The standard InChI is InChI=1S/C14H18N2O3/c17-7-6-15-14(19)12-8-13(18)16(10-12)9-11-4-2-1-3-5-11/h1-5,12,17H,6-10H2,(H,15,19). The van der Waals surface area contributed by atoms with Crippen LogP contribution < -0.4 is 5.32 Å². The highest BCUT2D eigenvalue weighted by molar-refractivity contribution is 5.89. The minimum absolute atomic E-state index is 0.00741. The maximum absolute atomic E-state index is 11.9. The smallest absolute Gasteiger partial charge is 0.225 e. The van der Waals surface area contributed by atoms with Crippen molar-refractivity contribution in [1.82, 2.24) is 10.2 Å². The molecule has 2 amide bonds. The van der Waals surface area contributed by atoms with Crippen molar-refractivity contribution < 1.29 is 14.7 Å². The van der Waals surface area contributed by atoms with Gasteiger partial charge in [0.15, 0.2) is 0 Å². The summed E-state index contributed by atoms with van der Waals surface area (Å²) in [6, 6.07) is 9.72. The van der Waals surface area contributed by atoms with Crippen molar-refractivity contribution in [2.24, 2.45) is 5.92 Å². The predicted octanol–water partition coefficient (Wildman–Crippen LogP) is 0.144. The predicted molar refractivity (Wildman–Crippen MR) is 70.1 cm³/mol. The molecule has 1 heterocycles. The van der Waals surface area contributed by atoms with E-state index in [-0.39, 0.29) is 37.3 Å². The van der Waals surface area contributed by atoms with Gasteiger partial charge in [0.25, 0.3) is 0 Å². The molecule has 0 saturated carbocycles. The van der Waals surface area contributed by atoms with Crippen molar-refractivity contribution in [1.29, 1.82) is 0 Å². The molecule has 1 atom stereocenters. The van der Waals surface area contributed by atoms with Gasteiger partial charge in [0.1, 0.15) is 0 Å². The van der Waals surface area contributed by atoms with Gasteiger partial charge in [-0.1, -0.05) is 30.3 Å². The van der Waals surface area contributed by atoms with Crippen LogP contribution in [-0.2, 0) is 16.1 Å². The molecule has 0 aromatic heterocycles. The van der Waals surface area contributed by atoms with Crippen LogP contribution in [0, 0.1) is 5.92 Å². The second kappa shape index (κ2) is 6.33. The van der Waals surface area contributed by atoms with Crippen molar-refractivity contribution in [2.45, 2.75) is 13.0 Å². The third-order valence-electron chi connectivity index (χ3n) is 3.21. The number of nitrogens with one attached hydrogen (secondary N) is 1. The summed E-state index contributed by atoms with van der Waals surface area (Å²) in [6.45, 7) is 1.15. The van der Waals surface area contributed by atoms with Crippen LogP contribution in [0.3, 0.4) is 0 Å². The number of likely N-dealkylation sites (tertiary alicyclic amines) is 1. The van der Waals surface area contributed by atoms with Crippen LogP contribution in [0.1, 0.15) is 12.0 Å². The van der Waals surface area contributed by atoms with E-state index in [0.29, 0.717) is 13.1 Å². The van der Waals surface area contributed by atoms with Crippen molar-refractivity contribution in [3.05, 3.63) is 35.9 Å². The number of rotatable bonds is 5. The minimum Gasteiger partial charge on any atom is -0.395 e. The fourth-order valence-corrected chi connectivity index (χ4v) is 2.23. The molecule has 1 aromatic carbocycles. The van der Waals surface area contributed by atoms with Crippen LogP contribution in [0.5, 0.6) is 0 Å². The summed E-state index contributed by atoms with van der Waals surface area (Å²) in [4.78, 5) is 25.3. The van der Waals surface area contributed by atoms with Gasteiger partial charge >= 0.3 is 0 Å². The average Bonchev–Trinajstić information content (AvgIpc) is 2.79. The lowest BCUT2D eigenvalue weighted by Gasteiger charge is -2.16. The maximum Gasteiger partial charge on any atom is 0.225 e. The first-order valence-corrected chi connectivity index (χ1v) is 6.41.